The van der Waals surface area contributed by atoms with E-state index in [9.17, 15) is 9.18 Å². The van der Waals surface area contributed by atoms with Crippen molar-refractivity contribution in [3.63, 3.8) is 0 Å². The van der Waals surface area contributed by atoms with E-state index in [0.29, 0.717) is 23.7 Å². The Morgan fingerprint density at radius 1 is 1.33 bits per heavy atom. The molecule has 0 N–H and O–H groups in total. The van der Waals surface area contributed by atoms with Crippen LogP contribution in [0.25, 0.3) is 0 Å². The van der Waals surface area contributed by atoms with Crippen molar-refractivity contribution in [3.8, 4) is 5.75 Å². The van der Waals surface area contributed by atoms with E-state index in [1.807, 2.05) is 0 Å². The number of fused-ring (bicyclic) bond motifs is 1. The highest BCUT2D eigenvalue weighted by Crippen LogP contribution is 2.43. The van der Waals surface area contributed by atoms with E-state index in [1.165, 1.54) is 18.2 Å². The van der Waals surface area contributed by atoms with Crippen LogP contribution in [0.4, 0.5) is 4.39 Å². The van der Waals surface area contributed by atoms with Crippen LogP contribution in [0.5, 0.6) is 5.75 Å². The molecule has 1 heterocycles. The number of hydrogen-bond acceptors (Lipinski definition) is 2. The molecule has 18 heavy (non-hydrogen) atoms. The number of carbonyl (C=O) groups is 1. The lowest BCUT2D eigenvalue weighted by molar-refractivity contribution is 0.00380. The van der Waals surface area contributed by atoms with Gasteiger partial charge in [0, 0.05) is 6.07 Å². The smallest absolute Gasteiger partial charge is 0.170 e. The van der Waals surface area contributed by atoms with Crippen molar-refractivity contribution < 1.29 is 13.9 Å². The van der Waals surface area contributed by atoms with Crippen LogP contribution in [-0.4, -0.2) is 11.4 Å². The summed E-state index contributed by atoms with van der Waals surface area (Å²) in [5, 5.41) is 0. The van der Waals surface area contributed by atoms with Crippen LogP contribution >= 0.6 is 0 Å². The molecule has 0 radical (unpaired) electrons. The largest absolute Gasteiger partial charge is 0.486 e. The molecule has 0 atom stereocenters. The number of Topliss-reactive ketones (excluding diaryl/α,β-unsaturated/α-hetero) is 1. The van der Waals surface area contributed by atoms with Gasteiger partial charge in [-0.2, -0.15) is 0 Å². The molecule has 1 fully saturated rings. The predicted molar refractivity (Wildman–Crippen MR) is 66.3 cm³/mol. The van der Waals surface area contributed by atoms with Crippen molar-refractivity contribution in [2.24, 2.45) is 5.92 Å². The first-order valence-corrected chi connectivity index (χ1v) is 6.60. The molecule has 0 bridgehead atoms. The zero-order chi connectivity index (χ0) is 12.8. The quantitative estimate of drug-likeness (QED) is 0.699. The second-order valence-corrected chi connectivity index (χ2v) is 5.71. The highest BCUT2D eigenvalue weighted by Gasteiger charge is 2.42. The van der Waals surface area contributed by atoms with Crippen LogP contribution in [-0.2, 0) is 0 Å². The number of ketones is 1. The molecule has 1 aromatic rings. The number of hydrogen-bond donors (Lipinski definition) is 0. The zero-order valence-electron chi connectivity index (χ0n) is 10.5. The van der Waals surface area contributed by atoms with Crippen LogP contribution in [0.3, 0.4) is 0 Å². The summed E-state index contributed by atoms with van der Waals surface area (Å²) in [6.45, 7) is 2.23. The number of ether oxygens (including phenoxy) is 1. The Balaban J connectivity index is 1.93. The van der Waals surface area contributed by atoms with Gasteiger partial charge in [-0.25, -0.2) is 4.39 Å². The molecule has 0 saturated heterocycles. The minimum Gasteiger partial charge on any atom is -0.486 e. The number of benzene rings is 1. The average molecular weight is 248 g/mol. The third kappa shape index (κ3) is 1.92. The minimum absolute atomic E-state index is 0.0887. The van der Waals surface area contributed by atoms with Crippen molar-refractivity contribution in [2.45, 2.75) is 44.6 Å². The molecule has 1 spiro atoms. The van der Waals surface area contributed by atoms with E-state index in [1.54, 1.807) is 0 Å². The molecule has 1 aliphatic heterocycles. The summed E-state index contributed by atoms with van der Waals surface area (Å²) in [4.78, 5) is 12.1. The van der Waals surface area contributed by atoms with Gasteiger partial charge < -0.3 is 4.74 Å². The lowest BCUT2D eigenvalue weighted by Gasteiger charge is -2.42. The Labute approximate surface area is 106 Å². The van der Waals surface area contributed by atoms with Crippen molar-refractivity contribution in [1.29, 1.82) is 0 Å². The summed E-state index contributed by atoms with van der Waals surface area (Å²) in [5.41, 5.74) is 0.158. The summed E-state index contributed by atoms with van der Waals surface area (Å²) >= 11 is 0. The molecular formula is C15H17FO2. The first-order chi connectivity index (χ1) is 8.58. The monoisotopic (exact) mass is 248 g/mol. The third-order valence-electron chi connectivity index (χ3n) is 4.24. The maximum absolute atomic E-state index is 13.2. The third-order valence-corrected chi connectivity index (χ3v) is 4.24. The van der Waals surface area contributed by atoms with Crippen LogP contribution in [0, 0.1) is 11.7 Å². The SMILES string of the molecule is CC1CCC2(CC1)CC(=O)c1ccc(F)cc1O2. The molecule has 2 aliphatic rings. The Kier molecular flexibility index (Phi) is 2.65. The van der Waals surface area contributed by atoms with Crippen molar-refractivity contribution in [1.82, 2.24) is 0 Å². The van der Waals surface area contributed by atoms with Gasteiger partial charge in [0.25, 0.3) is 0 Å². The molecule has 96 valence electrons. The van der Waals surface area contributed by atoms with Crippen LogP contribution in [0.2, 0.25) is 0 Å². The molecule has 0 unspecified atom stereocenters. The lowest BCUT2D eigenvalue weighted by Crippen LogP contribution is -2.44. The fraction of sp³-hybridized carbons (Fsp3) is 0.533. The van der Waals surface area contributed by atoms with Gasteiger partial charge in [-0.1, -0.05) is 6.92 Å². The van der Waals surface area contributed by atoms with E-state index in [4.69, 9.17) is 4.74 Å². The first kappa shape index (κ1) is 11.7. The summed E-state index contributed by atoms with van der Waals surface area (Å²) in [6, 6.07) is 4.19. The maximum Gasteiger partial charge on any atom is 0.170 e. The van der Waals surface area contributed by atoms with Crippen molar-refractivity contribution >= 4 is 5.78 Å². The number of rotatable bonds is 0. The Hall–Kier alpha value is -1.38. The summed E-state index contributed by atoms with van der Waals surface area (Å²) in [5.74, 6) is 0.873. The van der Waals surface area contributed by atoms with E-state index in [0.717, 1.165) is 25.7 Å². The van der Waals surface area contributed by atoms with E-state index < -0.39 is 0 Å². The normalized spacial score (nSPS) is 31.0. The molecule has 0 aromatic heterocycles. The van der Waals surface area contributed by atoms with Crippen LogP contribution in [0.1, 0.15) is 49.4 Å². The summed E-state index contributed by atoms with van der Waals surface area (Å²) < 4.78 is 19.2. The highest BCUT2D eigenvalue weighted by atomic mass is 19.1. The lowest BCUT2D eigenvalue weighted by atomic mass is 9.75. The van der Waals surface area contributed by atoms with Gasteiger partial charge >= 0.3 is 0 Å². The molecule has 2 nitrogen and oxygen atoms in total. The Bertz CT molecular complexity index is 487. The predicted octanol–water partition coefficient (Wildman–Crippen LogP) is 3.74. The van der Waals surface area contributed by atoms with Crippen LogP contribution in [0.15, 0.2) is 18.2 Å². The molecular weight excluding hydrogens is 231 g/mol. The van der Waals surface area contributed by atoms with Gasteiger partial charge in [0.1, 0.15) is 17.2 Å². The highest BCUT2D eigenvalue weighted by molar-refractivity contribution is 6.00. The van der Waals surface area contributed by atoms with Crippen LogP contribution < -0.4 is 4.74 Å². The van der Waals surface area contributed by atoms with E-state index >= 15 is 0 Å². The van der Waals surface area contributed by atoms with Gasteiger partial charge in [0.2, 0.25) is 0 Å². The molecule has 3 rings (SSSR count). The second kappa shape index (κ2) is 4.08. The fourth-order valence-corrected chi connectivity index (χ4v) is 3.04. The van der Waals surface area contributed by atoms with Gasteiger partial charge in [0.05, 0.1) is 12.0 Å². The Morgan fingerprint density at radius 2 is 2.06 bits per heavy atom. The zero-order valence-corrected chi connectivity index (χ0v) is 10.5. The number of carbonyl (C=O) groups excluding carboxylic acids is 1. The standard InChI is InChI=1S/C15H17FO2/c1-10-4-6-15(7-5-10)9-13(17)12-3-2-11(16)8-14(12)18-15/h2-3,8,10H,4-7,9H2,1H3. The second-order valence-electron chi connectivity index (χ2n) is 5.71. The Morgan fingerprint density at radius 3 is 2.78 bits per heavy atom. The molecule has 1 aliphatic carbocycles. The van der Waals surface area contributed by atoms with Gasteiger partial charge in [-0.15, -0.1) is 0 Å². The average Bonchev–Trinajstić information content (AvgIpc) is 2.33. The van der Waals surface area contributed by atoms with Gasteiger partial charge in [0.15, 0.2) is 5.78 Å². The topological polar surface area (TPSA) is 26.3 Å². The minimum atomic E-state index is -0.371. The summed E-state index contributed by atoms with van der Waals surface area (Å²) in [6.07, 6.45) is 4.40. The van der Waals surface area contributed by atoms with Crippen molar-refractivity contribution in [2.75, 3.05) is 0 Å². The van der Waals surface area contributed by atoms with E-state index in [2.05, 4.69) is 6.92 Å². The fourth-order valence-electron chi connectivity index (χ4n) is 3.04. The van der Waals surface area contributed by atoms with Gasteiger partial charge in [-0.3, -0.25) is 4.79 Å². The van der Waals surface area contributed by atoms with Gasteiger partial charge in [-0.05, 0) is 43.7 Å². The molecule has 1 saturated carbocycles. The maximum atomic E-state index is 13.2. The van der Waals surface area contributed by atoms with Crippen molar-refractivity contribution in [3.05, 3.63) is 29.6 Å². The molecule has 1 aromatic carbocycles. The number of halogens is 1. The molecule has 0 amide bonds. The molecule has 3 heteroatoms. The van der Waals surface area contributed by atoms with E-state index in [-0.39, 0.29) is 17.2 Å². The summed E-state index contributed by atoms with van der Waals surface area (Å²) in [7, 11) is 0. The first-order valence-electron chi connectivity index (χ1n) is 6.60.